The van der Waals surface area contributed by atoms with E-state index in [2.05, 4.69) is 0 Å². The molecule has 256 valence electrons. The van der Waals surface area contributed by atoms with Crippen LogP contribution in [0.2, 0.25) is 0 Å². The Morgan fingerprint density at radius 2 is 1.77 bits per heavy atom. The number of benzene rings is 2. The molecule has 17 heteroatoms. The minimum Gasteiger partial charge on any atom is -0.497 e. The molecule has 6 atom stereocenters. The summed E-state index contributed by atoms with van der Waals surface area (Å²) in [5, 5.41) is 11.8. The molecule has 0 unspecified atom stereocenters. The predicted molar refractivity (Wildman–Crippen MR) is 163 cm³/mol. The van der Waals surface area contributed by atoms with Crippen LogP contribution in [0, 0.1) is 16.0 Å². The number of para-hydroxylation sites is 1. The maximum absolute atomic E-state index is 14.9. The minimum atomic E-state index is -4.70. The van der Waals surface area contributed by atoms with Gasteiger partial charge in [0.1, 0.15) is 18.0 Å². The van der Waals surface area contributed by atoms with Crippen LogP contribution in [0.4, 0.5) is 5.69 Å². The molecule has 0 bridgehead atoms. The normalized spacial score (nSPS) is 25.5. The van der Waals surface area contributed by atoms with Crippen LogP contribution in [0.1, 0.15) is 24.9 Å². The Labute approximate surface area is 275 Å². The molecule has 2 fully saturated rings. The number of hydrogen-bond donors (Lipinski definition) is 0. The van der Waals surface area contributed by atoms with Crippen molar-refractivity contribution in [1.82, 2.24) is 9.21 Å². The highest BCUT2D eigenvalue weighted by atomic mass is 32.2. The molecule has 2 aromatic carbocycles. The number of hydrogen-bond acceptors (Lipinski definition) is 13. The molecule has 2 aromatic rings. The monoisotopic (exact) mass is 687 g/mol. The summed E-state index contributed by atoms with van der Waals surface area (Å²) in [5.74, 6) is -4.43. The summed E-state index contributed by atoms with van der Waals surface area (Å²) < 4.78 is 56.5. The van der Waals surface area contributed by atoms with Crippen molar-refractivity contribution in [3.05, 3.63) is 76.4 Å². The van der Waals surface area contributed by atoms with Gasteiger partial charge < -0.3 is 28.6 Å². The second kappa shape index (κ2) is 13.3. The molecule has 0 saturated carbocycles. The Balaban J connectivity index is 1.72. The van der Waals surface area contributed by atoms with E-state index in [9.17, 15) is 37.7 Å². The number of amides is 1. The van der Waals surface area contributed by atoms with Crippen molar-refractivity contribution in [2.75, 3.05) is 34.5 Å². The number of fused-ring (bicyclic) bond motifs is 3. The minimum absolute atomic E-state index is 0.310. The van der Waals surface area contributed by atoms with Crippen LogP contribution < -0.4 is 4.74 Å². The van der Waals surface area contributed by atoms with Gasteiger partial charge >= 0.3 is 17.9 Å². The van der Waals surface area contributed by atoms with Gasteiger partial charge in [-0.2, -0.15) is 4.31 Å². The number of esters is 3. The highest BCUT2D eigenvalue weighted by molar-refractivity contribution is 7.89. The van der Waals surface area contributed by atoms with Crippen molar-refractivity contribution in [1.29, 1.82) is 0 Å². The van der Waals surface area contributed by atoms with Crippen molar-refractivity contribution in [2.45, 2.75) is 48.1 Å². The quantitative estimate of drug-likeness (QED) is 0.108. The number of sulfonamides is 1. The molecule has 48 heavy (non-hydrogen) atoms. The fourth-order valence-electron chi connectivity index (χ4n) is 6.77. The summed E-state index contributed by atoms with van der Waals surface area (Å²) >= 11 is 0. The highest BCUT2D eigenvalue weighted by Crippen LogP contribution is 2.55. The fourth-order valence-corrected chi connectivity index (χ4v) is 8.52. The van der Waals surface area contributed by atoms with Crippen molar-refractivity contribution in [2.24, 2.45) is 5.92 Å². The Kier molecular flexibility index (Phi) is 9.57. The maximum atomic E-state index is 14.9. The lowest BCUT2D eigenvalue weighted by Gasteiger charge is -2.38. The molecule has 0 aromatic heterocycles. The summed E-state index contributed by atoms with van der Waals surface area (Å²) in [6.07, 6.45) is 1.12. The third kappa shape index (κ3) is 5.77. The molecule has 3 aliphatic rings. The number of ether oxygens (including phenoxy) is 5. The van der Waals surface area contributed by atoms with Crippen molar-refractivity contribution < 1.29 is 56.2 Å². The molecule has 0 N–H and O–H groups in total. The first-order valence-corrected chi connectivity index (χ1v) is 16.1. The average molecular weight is 688 g/mol. The largest absolute Gasteiger partial charge is 0.497 e. The van der Waals surface area contributed by atoms with Gasteiger partial charge in [0.05, 0.1) is 56.8 Å². The number of nitro groups is 1. The van der Waals surface area contributed by atoms with Gasteiger partial charge in [-0.1, -0.05) is 36.4 Å². The topological polar surface area (TPSA) is 198 Å². The van der Waals surface area contributed by atoms with Gasteiger partial charge in [0.15, 0.2) is 10.9 Å². The van der Waals surface area contributed by atoms with E-state index in [4.69, 9.17) is 23.7 Å². The lowest BCUT2D eigenvalue weighted by Crippen LogP contribution is -2.55. The van der Waals surface area contributed by atoms with E-state index >= 15 is 0 Å². The molecule has 5 rings (SSSR count). The van der Waals surface area contributed by atoms with Gasteiger partial charge in [-0.3, -0.25) is 24.5 Å². The fraction of sp³-hybridized carbons (Fsp3) is 0.419. The molecule has 1 amide bonds. The van der Waals surface area contributed by atoms with Crippen LogP contribution in [-0.2, 0) is 48.1 Å². The molecule has 2 saturated heterocycles. The summed E-state index contributed by atoms with van der Waals surface area (Å²) in [4.78, 5) is 65.2. The van der Waals surface area contributed by atoms with Crippen molar-refractivity contribution in [3.8, 4) is 5.75 Å². The molecule has 0 spiro atoms. The van der Waals surface area contributed by atoms with E-state index in [1.54, 1.807) is 24.3 Å². The first-order valence-electron chi connectivity index (χ1n) is 14.7. The molecular formula is C31H33N3O13S. The van der Waals surface area contributed by atoms with Crippen LogP contribution in [0.25, 0.3) is 0 Å². The van der Waals surface area contributed by atoms with Crippen LogP contribution >= 0.6 is 0 Å². The summed E-state index contributed by atoms with van der Waals surface area (Å²) in [6, 6.07) is 6.93. The highest BCUT2D eigenvalue weighted by Gasteiger charge is 2.74. The van der Waals surface area contributed by atoms with Crippen molar-refractivity contribution >= 4 is 39.5 Å². The molecular weight excluding hydrogens is 654 g/mol. The van der Waals surface area contributed by atoms with Gasteiger partial charge in [-0.05, 0) is 23.8 Å². The Hall–Kier alpha value is -4.87. The van der Waals surface area contributed by atoms with E-state index in [0.717, 1.165) is 42.5 Å². The van der Waals surface area contributed by atoms with E-state index in [0.29, 0.717) is 11.3 Å². The maximum Gasteiger partial charge on any atom is 0.331 e. The van der Waals surface area contributed by atoms with E-state index in [-0.39, 0.29) is 6.54 Å². The zero-order chi connectivity index (χ0) is 35.0. The van der Waals surface area contributed by atoms with Crippen LogP contribution in [-0.4, -0.2) is 105 Å². The third-order valence-electron chi connectivity index (χ3n) is 8.77. The summed E-state index contributed by atoms with van der Waals surface area (Å²) in [7, 11) is -1.07. The lowest BCUT2D eigenvalue weighted by atomic mass is 9.79. The standard InChI is InChI=1S/C31H33N3O13S/c1-18(35)46-17-22(19-11-13-20(43-2)14-12-19)33-28(30(38)45-4)31(16-25(36)44-3)26(29(33)37)27-23(47-31)9-7-15-32(27)48(41,42)24-10-6-5-8-21(24)34(39)40/h5-14,22-23,26-28H,15-17H2,1-4H3/t22-,23-,26+,27+,28-,31+/m0/s1. The number of nitro benzene ring substituents is 1. The Bertz CT molecular complexity index is 1760. The number of likely N-dealkylation sites (tertiary alicyclic amines) is 1. The third-order valence-corrected chi connectivity index (χ3v) is 10.7. The van der Waals surface area contributed by atoms with Crippen LogP contribution in [0.5, 0.6) is 5.75 Å². The van der Waals surface area contributed by atoms with E-state index in [1.807, 2.05) is 0 Å². The SMILES string of the molecule is COC(=O)C[C@@]12O[C@H]3C=CCN(S(=O)(=O)c4ccccc4[N+](=O)[O-])[C@H]3[C@@H]1C(=O)N([C@@H](COC(C)=O)c1ccc(OC)cc1)[C@H]2C(=O)OC. The summed E-state index contributed by atoms with van der Waals surface area (Å²) in [5.41, 5.74) is -2.34. The zero-order valence-corrected chi connectivity index (χ0v) is 27.2. The van der Waals surface area contributed by atoms with Gasteiger partial charge in [-0.15, -0.1) is 0 Å². The number of carbonyl (C=O) groups excluding carboxylic acids is 4. The second-order valence-corrected chi connectivity index (χ2v) is 13.1. The zero-order valence-electron chi connectivity index (χ0n) is 26.3. The van der Waals surface area contributed by atoms with E-state index in [1.165, 1.54) is 31.4 Å². The lowest BCUT2D eigenvalue weighted by molar-refractivity contribution is -0.387. The van der Waals surface area contributed by atoms with Crippen molar-refractivity contribution in [3.63, 3.8) is 0 Å². The Morgan fingerprint density at radius 3 is 2.38 bits per heavy atom. The van der Waals surface area contributed by atoms with Gasteiger partial charge in [-0.25, -0.2) is 13.2 Å². The number of rotatable bonds is 11. The predicted octanol–water partition coefficient (Wildman–Crippen LogP) is 1.54. The Morgan fingerprint density at radius 1 is 1.08 bits per heavy atom. The average Bonchev–Trinajstić information content (AvgIpc) is 3.52. The van der Waals surface area contributed by atoms with Crippen LogP contribution in [0.3, 0.4) is 0 Å². The van der Waals surface area contributed by atoms with Gasteiger partial charge in [0.2, 0.25) is 5.91 Å². The van der Waals surface area contributed by atoms with E-state index < -0.39 is 98.1 Å². The van der Waals surface area contributed by atoms with Crippen LogP contribution in [0.15, 0.2) is 65.6 Å². The smallest absolute Gasteiger partial charge is 0.331 e. The molecule has 0 radical (unpaired) electrons. The molecule has 16 nitrogen and oxygen atoms in total. The number of nitrogens with zero attached hydrogens (tertiary/aromatic N) is 3. The second-order valence-electron chi connectivity index (χ2n) is 11.2. The summed E-state index contributed by atoms with van der Waals surface area (Å²) in [6.45, 7) is 0.416. The number of methoxy groups -OCH3 is 3. The first kappa shape index (κ1) is 34.5. The van der Waals surface area contributed by atoms with Gasteiger partial charge in [0.25, 0.3) is 15.7 Å². The number of carbonyl (C=O) groups is 4. The molecule has 3 aliphatic heterocycles. The molecule has 3 heterocycles. The molecule has 0 aliphatic carbocycles. The first-order chi connectivity index (χ1) is 22.8. The van der Waals surface area contributed by atoms with Gasteiger partial charge in [0, 0.05) is 19.5 Å².